The molecule has 0 radical (unpaired) electrons. The van der Waals surface area contributed by atoms with E-state index in [4.69, 9.17) is 17.3 Å². The molecule has 1 aliphatic heterocycles. The van der Waals surface area contributed by atoms with Gasteiger partial charge in [0.15, 0.2) is 0 Å². The molecule has 2 rings (SSSR count). The van der Waals surface area contributed by atoms with Gasteiger partial charge in [0.1, 0.15) is 0 Å². The number of rotatable bonds is 5. The fourth-order valence-electron chi connectivity index (χ4n) is 2.48. The zero-order valence-corrected chi connectivity index (χ0v) is 13.5. The van der Waals surface area contributed by atoms with E-state index >= 15 is 0 Å². The molecule has 1 aromatic carbocycles. The Bertz CT molecular complexity index is 479. The van der Waals surface area contributed by atoms with Crippen molar-refractivity contribution in [3.05, 3.63) is 29.3 Å². The molecule has 0 aromatic heterocycles. The second-order valence-corrected chi connectivity index (χ2v) is 6.80. The Kier molecular flexibility index (Phi) is 5.12. The number of nitrogens with one attached hydrogen (secondary N) is 1. The smallest absolute Gasteiger partial charge is 0.224 e. The first-order chi connectivity index (χ1) is 9.88. The average molecular weight is 310 g/mol. The van der Waals surface area contributed by atoms with Gasteiger partial charge in [0, 0.05) is 36.4 Å². The SMILES string of the molecule is CC(C)(CNC1CCN(c2ccc(Cl)cc2)CC1)C(N)=O. The Hall–Kier alpha value is -1.26. The fourth-order valence-corrected chi connectivity index (χ4v) is 2.61. The van der Waals surface area contributed by atoms with Crippen LogP contribution in [-0.4, -0.2) is 31.6 Å². The molecule has 1 saturated heterocycles. The number of primary amides is 1. The largest absolute Gasteiger partial charge is 0.371 e. The summed E-state index contributed by atoms with van der Waals surface area (Å²) in [6, 6.07) is 8.43. The molecule has 0 bridgehead atoms. The van der Waals surface area contributed by atoms with Crippen LogP contribution in [-0.2, 0) is 4.79 Å². The number of amides is 1. The number of halogens is 1. The molecule has 0 aliphatic carbocycles. The standard InChI is InChI=1S/C16H24ClN3O/c1-16(2,15(18)21)11-19-13-7-9-20(10-8-13)14-5-3-12(17)4-6-14/h3-6,13,19H,7-11H2,1-2H3,(H2,18,21). The number of carbonyl (C=O) groups is 1. The molecule has 0 spiro atoms. The first-order valence-electron chi connectivity index (χ1n) is 7.42. The Labute approximate surface area is 131 Å². The third-order valence-corrected chi connectivity index (χ3v) is 4.44. The second kappa shape index (κ2) is 6.67. The van der Waals surface area contributed by atoms with E-state index in [1.807, 2.05) is 26.0 Å². The van der Waals surface area contributed by atoms with Crippen molar-refractivity contribution >= 4 is 23.2 Å². The summed E-state index contributed by atoms with van der Waals surface area (Å²) in [5, 5.41) is 4.24. The molecule has 5 heteroatoms. The van der Waals surface area contributed by atoms with Crippen LogP contribution in [0.15, 0.2) is 24.3 Å². The van der Waals surface area contributed by atoms with Crippen molar-refractivity contribution in [2.24, 2.45) is 11.1 Å². The van der Waals surface area contributed by atoms with Crippen molar-refractivity contribution < 1.29 is 4.79 Å². The maximum Gasteiger partial charge on any atom is 0.224 e. The van der Waals surface area contributed by atoms with Gasteiger partial charge in [0.2, 0.25) is 5.91 Å². The molecule has 1 fully saturated rings. The lowest BCUT2D eigenvalue weighted by atomic mass is 9.91. The zero-order chi connectivity index (χ0) is 15.5. The molecule has 1 aromatic rings. The summed E-state index contributed by atoms with van der Waals surface area (Å²) in [6.07, 6.45) is 2.13. The number of anilines is 1. The van der Waals surface area contributed by atoms with Crippen LogP contribution in [0.3, 0.4) is 0 Å². The lowest BCUT2D eigenvalue weighted by molar-refractivity contribution is -0.125. The summed E-state index contributed by atoms with van der Waals surface area (Å²) < 4.78 is 0. The third kappa shape index (κ3) is 4.35. The first kappa shape index (κ1) is 16.1. The molecule has 1 heterocycles. The van der Waals surface area contributed by atoms with Gasteiger partial charge in [-0.2, -0.15) is 0 Å². The van der Waals surface area contributed by atoms with Crippen LogP contribution in [0.25, 0.3) is 0 Å². The molecular formula is C16H24ClN3O. The molecule has 3 N–H and O–H groups in total. The molecule has 4 nitrogen and oxygen atoms in total. The van der Waals surface area contributed by atoms with Crippen LogP contribution in [0.2, 0.25) is 5.02 Å². The van der Waals surface area contributed by atoms with Crippen LogP contribution in [0.4, 0.5) is 5.69 Å². The molecule has 0 saturated carbocycles. The van der Waals surface area contributed by atoms with Crippen molar-refractivity contribution in [3.8, 4) is 0 Å². The van der Waals surface area contributed by atoms with E-state index in [9.17, 15) is 4.79 Å². The number of piperidine rings is 1. The van der Waals surface area contributed by atoms with Crippen LogP contribution in [0.1, 0.15) is 26.7 Å². The van der Waals surface area contributed by atoms with E-state index in [1.165, 1.54) is 5.69 Å². The Morgan fingerprint density at radius 2 is 1.90 bits per heavy atom. The second-order valence-electron chi connectivity index (χ2n) is 6.37. The van der Waals surface area contributed by atoms with E-state index < -0.39 is 5.41 Å². The third-order valence-electron chi connectivity index (χ3n) is 4.19. The van der Waals surface area contributed by atoms with Crippen molar-refractivity contribution in [2.75, 3.05) is 24.5 Å². The minimum atomic E-state index is -0.493. The number of nitrogens with zero attached hydrogens (tertiary/aromatic N) is 1. The van der Waals surface area contributed by atoms with Crippen molar-refractivity contribution in [1.29, 1.82) is 0 Å². The minimum Gasteiger partial charge on any atom is -0.371 e. The van der Waals surface area contributed by atoms with Gasteiger partial charge in [0.25, 0.3) is 0 Å². The Morgan fingerprint density at radius 3 is 2.43 bits per heavy atom. The van der Waals surface area contributed by atoms with Crippen molar-refractivity contribution in [3.63, 3.8) is 0 Å². The number of hydrogen-bond donors (Lipinski definition) is 2. The maximum atomic E-state index is 11.3. The molecule has 21 heavy (non-hydrogen) atoms. The predicted molar refractivity (Wildman–Crippen MR) is 87.7 cm³/mol. The van der Waals surface area contributed by atoms with Gasteiger partial charge in [-0.05, 0) is 51.0 Å². The number of carbonyl (C=O) groups excluding carboxylic acids is 1. The van der Waals surface area contributed by atoms with Crippen molar-refractivity contribution in [1.82, 2.24) is 5.32 Å². The molecule has 0 atom stereocenters. The van der Waals surface area contributed by atoms with Gasteiger partial charge in [0.05, 0.1) is 5.41 Å². The van der Waals surface area contributed by atoms with E-state index in [-0.39, 0.29) is 5.91 Å². The van der Waals surface area contributed by atoms with Crippen LogP contribution in [0, 0.1) is 5.41 Å². The van der Waals surface area contributed by atoms with E-state index in [0.29, 0.717) is 12.6 Å². The van der Waals surface area contributed by atoms with E-state index in [0.717, 1.165) is 31.0 Å². The summed E-state index contributed by atoms with van der Waals surface area (Å²) in [4.78, 5) is 13.7. The van der Waals surface area contributed by atoms with Gasteiger partial charge < -0.3 is 16.0 Å². The fraction of sp³-hybridized carbons (Fsp3) is 0.562. The monoisotopic (exact) mass is 309 g/mol. The van der Waals surface area contributed by atoms with Gasteiger partial charge in [-0.15, -0.1) is 0 Å². The number of benzene rings is 1. The Balaban J connectivity index is 1.81. The number of hydrogen-bond acceptors (Lipinski definition) is 3. The van der Waals surface area contributed by atoms with Crippen molar-refractivity contribution in [2.45, 2.75) is 32.7 Å². The summed E-state index contributed by atoms with van der Waals surface area (Å²) in [5.74, 6) is -0.256. The highest BCUT2D eigenvalue weighted by Crippen LogP contribution is 2.22. The van der Waals surface area contributed by atoms with Crippen LogP contribution >= 0.6 is 11.6 Å². The predicted octanol–water partition coefficient (Wildman–Crippen LogP) is 2.41. The van der Waals surface area contributed by atoms with Crippen LogP contribution in [0.5, 0.6) is 0 Å². The lowest BCUT2D eigenvalue weighted by Crippen LogP contribution is -2.48. The highest BCUT2D eigenvalue weighted by Gasteiger charge is 2.27. The highest BCUT2D eigenvalue weighted by atomic mass is 35.5. The lowest BCUT2D eigenvalue weighted by Gasteiger charge is -2.35. The van der Waals surface area contributed by atoms with Gasteiger partial charge >= 0.3 is 0 Å². The summed E-state index contributed by atoms with van der Waals surface area (Å²) >= 11 is 5.92. The van der Waals surface area contributed by atoms with E-state index in [1.54, 1.807) is 0 Å². The minimum absolute atomic E-state index is 0.256. The first-order valence-corrected chi connectivity index (χ1v) is 7.80. The van der Waals surface area contributed by atoms with Gasteiger partial charge in [-0.25, -0.2) is 0 Å². The molecule has 116 valence electrons. The quantitative estimate of drug-likeness (QED) is 0.878. The molecule has 1 amide bonds. The molecule has 1 aliphatic rings. The van der Waals surface area contributed by atoms with E-state index in [2.05, 4.69) is 22.3 Å². The van der Waals surface area contributed by atoms with Gasteiger partial charge in [-0.3, -0.25) is 4.79 Å². The number of nitrogens with two attached hydrogens (primary N) is 1. The zero-order valence-electron chi connectivity index (χ0n) is 12.7. The normalized spacial score (nSPS) is 17.0. The summed E-state index contributed by atoms with van der Waals surface area (Å²) in [7, 11) is 0. The summed E-state index contributed by atoms with van der Waals surface area (Å²) in [5.41, 5.74) is 6.12. The highest BCUT2D eigenvalue weighted by molar-refractivity contribution is 6.30. The Morgan fingerprint density at radius 1 is 1.33 bits per heavy atom. The topological polar surface area (TPSA) is 58.4 Å². The van der Waals surface area contributed by atoms with Gasteiger partial charge in [-0.1, -0.05) is 11.6 Å². The average Bonchev–Trinajstić information content (AvgIpc) is 2.46. The molecule has 0 unspecified atom stereocenters. The maximum absolute atomic E-state index is 11.3. The van der Waals surface area contributed by atoms with Crippen LogP contribution < -0.4 is 16.0 Å². The summed E-state index contributed by atoms with van der Waals surface area (Å²) in [6.45, 7) is 6.41. The molecular weight excluding hydrogens is 286 g/mol.